The number of amides is 3. The number of carboxylic acid groups (broad SMARTS) is 2. The van der Waals surface area contributed by atoms with E-state index >= 15 is 0 Å². The molecule has 0 aliphatic heterocycles. The number of nitrogens with one attached hydrogen (secondary N) is 4. The van der Waals surface area contributed by atoms with Gasteiger partial charge in [0.15, 0.2) is 0 Å². The van der Waals surface area contributed by atoms with Gasteiger partial charge >= 0.3 is 11.9 Å². The number of aliphatic carboxylic acids is 2. The van der Waals surface area contributed by atoms with Gasteiger partial charge in [-0.15, -0.1) is 0 Å². The van der Waals surface area contributed by atoms with Crippen molar-refractivity contribution in [3.63, 3.8) is 0 Å². The molecule has 13 heteroatoms. The molecule has 0 bridgehead atoms. The fourth-order valence-electron chi connectivity index (χ4n) is 3.68. The van der Waals surface area contributed by atoms with E-state index in [4.69, 9.17) is 10.8 Å². The molecule has 1 aromatic heterocycles. The van der Waals surface area contributed by atoms with Crippen LogP contribution in [0, 0.1) is 5.92 Å². The van der Waals surface area contributed by atoms with Gasteiger partial charge in [-0.25, -0.2) is 9.78 Å². The van der Waals surface area contributed by atoms with Crippen molar-refractivity contribution in [2.45, 2.75) is 63.7 Å². The highest BCUT2D eigenvalue weighted by Crippen LogP contribution is 2.09. The third kappa shape index (κ3) is 10.0. The van der Waals surface area contributed by atoms with Gasteiger partial charge in [-0.05, 0) is 17.9 Å². The zero-order valence-corrected chi connectivity index (χ0v) is 21.2. The summed E-state index contributed by atoms with van der Waals surface area (Å²) in [5, 5.41) is 26.1. The van der Waals surface area contributed by atoms with Crippen LogP contribution in [0.2, 0.25) is 0 Å². The Morgan fingerprint density at radius 1 is 0.895 bits per heavy atom. The predicted molar refractivity (Wildman–Crippen MR) is 136 cm³/mol. The maximum absolute atomic E-state index is 13.2. The van der Waals surface area contributed by atoms with Crippen molar-refractivity contribution in [2.24, 2.45) is 11.7 Å². The Morgan fingerprint density at radius 2 is 1.50 bits per heavy atom. The number of benzene rings is 1. The number of H-pyrrole nitrogens is 1. The number of rotatable bonds is 15. The maximum atomic E-state index is 13.2. The topological polar surface area (TPSA) is 217 Å². The van der Waals surface area contributed by atoms with Crippen molar-refractivity contribution < 1.29 is 34.2 Å². The molecule has 13 nitrogen and oxygen atoms in total. The van der Waals surface area contributed by atoms with Gasteiger partial charge in [0.25, 0.3) is 0 Å². The molecule has 2 rings (SSSR count). The Morgan fingerprint density at radius 3 is 2.05 bits per heavy atom. The fourth-order valence-corrected chi connectivity index (χ4v) is 3.68. The molecule has 1 aromatic carbocycles. The lowest BCUT2D eigenvalue weighted by atomic mass is 10.00. The summed E-state index contributed by atoms with van der Waals surface area (Å²) in [5.74, 6) is -4.82. The lowest BCUT2D eigenvalue weighted by Crippen LogP contribution is -2.58. The molecule has 0 aliphatic rings. The molecule has 0 saturated heterocycles. The number of nitrogens with two attached hydrogens (primary N) is 1. The second kappa shape index (κ2) is 14.5. The second-order valence-electron chi connectivity index (χ2n) is 9.33. The predicted octanol–water partition coefficient (Wildman–Crippen LogP) is -0.418. The molecule has 38 heavy (non-hydrogen) atoms. The summed E-state index contributed by atoms with van der Waals surface area (Å²) in [6, 6.07) is 3.88. The first-order valence-corrected chi connectivity index (χ1v) is 12.1. The summed E-state index contributed by atoms with van der Waals surface area (Å²) in [4.78, 5) is 68.3. The number of carbonyl (C=O) groups excluding carboxylic acids is 3. The highest BCUT2D eigenvalue weighted by Gasteiger charge is 2.31. The number of carbonyl (C=O) groups is 5. The van der Waals surface area contributed by atoms with Gasteiger partial charge in [-0.3, -0.25) is 19.2 Å². The minimum atomic E-state index is -1.36. The Kier molecular flexibility index (Phi) is 11.4. The fraction of sp³-hybridized carbons (Fsp3) is 0.440. The highest BCUT2D eigenvalue weighted by molar-refractivity contribution is 5.94. The number of nitrogens with zero attached hydrogens (tertiary/aromatic N) is 1. The van der Waals surface area contributed by atoms with Crippen LogP contribution in [-0.4, -0.2) is 74.0 Å². The van der Waals surface area contributed by atoms with E-state index in [2.05, 4.69) is 25.9 Å². The van der Waals surface area contributed by atoms with E-state index < -0.39 is 60.2 Å². The zero-order chi connectivity index (χ0) is 28.2. The summed E-state index contributed by atoms with van der Waals surface area (Å²) in [6.07, 6.45) is 2.40. The van der Waals surface area contributed by atoms with E-state index in [9.17, 15) is 29.1 Å². The van der Waals surface area contributed by atoms with Gasteiger partial charge in [0.1, 0.15) is 18.1 Å². The number of hydrogen-bond donors (Lipinski definition) is 7. The summed E-state index contributed by atoms with van der Waals surface area (Å²) < 4.78 is 0. The van der Waals surface area contributed by atoms with E-state index in [1.54, 1.807) is 30.3 Å². The second-order valence-corrected chi connectivity index (χ2v) is 9.33. The normalized spacial score (nSPS) is 14.1. The first kappa shape index (κ1) is 30.0. The third-order valence-electron chi connectivity index (χ3n) is 5.58. The average molecular weight is 531 g/mol. The largest absolute Gasteiger partial charge is 0.481 e. The summed E-state index contributed by atoms with van der Waals surface area (Å²) >= 11 is 0. The van der Waals surface area contributed by atoms with Gasteiger partial charge in [-0.1, -0.05) is 44.2 Å². The van der Waals surface area contributed by atoms with Gasteiger partial charge < -0.3 is 36.9 Å². The quantitative estimate of drug-likeness (QED) is 0.159. The summed E-state index contributed by atoms with van der Waals surface area (Å²) in [6.45, 7) is 3.65. The van der Waals surface area contributed by atoms with Crippen LogP contribution in [0.25, 0.3) is 0 Å². The smallest absolute Gasteiger partial charge is 0.326 e. The molecule has 0 saturated carbocycles. The molecular weight excluding hydrogens is 496 g/mol. The van der Waals surface area contributed by atoms with Crippen molar-refractivity contribution >= 4 is 29.7 Å². The lowest BCUT2D eigenvalue weighted by molar-refractivity contribution is -0.142. The molecule has 0 spiro atoms. The minimum absolute atomic E-state index is 0.0473. The van der Waals surface area contributed by atoms with E-state index in [0.29, 0.717) is 11.3 Å². The Hall–Kier alpha value is -4.26. The molecule has 1 heterocycles. The number of hydrogen-bond acceptors (Lipinski definition) is 7. The van der Waals surface area contributed by atoms with Crippen LogP contribution < -0.4 is 21.7 Å². The van der Waals surface area contributed by atoms with Crippen LogP contribution in [0.3, 0.4) is 0 Å². The van der Waals surface area contributed by atoms with Crippen LogP contribution in [0.1, 0.15) is 37.9 Å². The molecule has 0 radical (unpaired) electrons. The van der Waals surface area contributed by atoms with Crippen molar-refractivity contribution in [1.82, 2.24) is 25.9 Å². The Balaban J connectivity index is 2.23. The molecule has 0 aliphatic carbocycles. The van der Waals surface area contributed by atoms with Crippen LogP contribution in [0.5, 0.6) is 0 Å². The number of aromatic nitrogens is 2. The maximum Gasteiger partial charge on any atom is 0.326 e. The monoisotopic (exact) mass is 530 g/mol. The molecule has 206 valence electrons. The van der Waals surface area contributed by atoms with E-state index in [0.717, 1.165) is 0 Å². The highest BCUT2D eigenvalue weighted by atomic mass is 16.4. The van der Waals surface area contributed by atoms with Crippen LogP contribution in [0.15, 0.2) is 42.9 Å². The van der Waals surface area contributed by atoms with Gasteiger partial charge in [0.05, 0.1) is 18.8 Å². The van der Waals surface area contributed by atoms with Crippen molar-refractivity contribution in [3.05, 3.63) is 54.1 Å². The summed E-state index contributed by atoms with van der Waals surface area (Å²) in [7, 11) is 0. The van der Waals surface area contributed by atoms with Crippen LogP contribution >= 0.6 is 0 Å². The van der Waals surface area contributed by atoms with Crippen molar-refractivity contribution in [3.8, 4) is 0 Å². The molecule has 4 unspecified atom stereocenters. The zero-order valence-electron chi connectivity index (χ0n) is 21.2. The van der Waals surface area contributed by atoms with Crippen LogP contribution in [0.4, 0.5) is 0 Å². The van der Waals surface area contributed by atoms with Crippen molar-refractivity contribution in [2.75, 3.05) is 0 Å². The van der Waals surface area contributed by atoms with E-state index in [-0.39, 0.29) is 25.2 Å². The van der Waals surface area contributed by atoms with Crippen LogP contribution in [-0.2, 0) is 36.8 Å². The lowest BCUT2D eigenvalue weighted by Gasteiger charge is -2.26. The number of imidazole rings is 1. The van der Waals surface area contributed by atoms with Gasteiger partial charge in [-0.2, -0.15) is 0 Å². The number of carboxylic acids is 2. The summed E-state index contributed by atoms with van der Waals surface area (Å²) in [5.41, 5.74) is 6.84. The molecular formula is C25H34N6O7. The van der Waals surface area contributed by atoms with E-state index in [1.807, 2.05) is 13.8 Å². The van der Waals surface area contributed by atoms with E-state index in [1.165, 1.54) is 12.5 Å². The molecule has 0 fully saturated rings. The third-order valence-corrected chi connectivity index (χ3v) is 5.58. The Labute approximate surface area is 219 Å². The molecule has 8 N–H and O–H groups in total. The molecule has 3 amide bonds. The molecule has 4 atom stereocenters. The standard InChI is InChI=1S/C25H34N6O7/c1-14(2)8-18(29-22(34)17(26)11-21(32)33)23(35)30-19(9-15-6-4-3-5-7-15)24(36)31-20(25(37)38)10-16-12-27-13-28-16/h3-7,12-14,17-20H,8-11,26H2,1-2H3,(H,27,28)(H,29,34)(H,30,35)(H,31,36)(H,32,33)(H,37,38). The first-order valence-electron chi connectivity index (χ1n) is 12.1. The average Bonchev–Trinajstić information content (AvgIpc) is 3.35. The van der Waals surface area contributed by atoms with Gasteiger partial charge in [0.2, 0.25) is 17.7 Å². The van der Waals surface area contributed by atoms with Crippen molar-refractivity contribution in [1.29, 1.82) is 0 Å². The first-order chi connectivity index (χ1) is 18.0. The minimum Gasteiger partial charge on any atom is -0.481 e. The molecule has 2 aromatic rings. The van der Waals surface area contributed by atoms with Gasteiger partial charge in [0, 0.05) is 24.7 Å². The Bertz CT molecular complexity index is 1090. The number of aromatic amines is 1. The SMILES string of the molecule is CC(C)CC(NC(=O)C(N)CC(=O)O)C(=O)NC(Cc1ccccc1)C(=O)NC(Cc1cnc[nH]1)C(=O)O.